The summed E-state index contributed by atoms with van der Waals surface area (Å²) in [6.45, 7) is 6.98. The molecule has 0 N–H and O–H groups in total. The van der Waals surface area contributed by atoms with Gasteiger partial charge in [0.1, 0.15) is 0 Å². The Bertz CT molecular complexity index is 495. The van der Waals surface area contributed by atoms with Crippen molar-refractivity contribution in [3.63, 3.8) is 0 Å². The highest BCUT2D eigenvalue weighted by Crippen LogP contribution is 2.15. The van der Waals surface area contributed by atoms with Gasteiger partial charge in [-0.1, -0.05) is 0 Å². The minimum absolute atomic E-state index is 0.210. The first-order chi connectivity index (χ1) is 8.53. The fourth-order valence-electron chi connectivity index (χ4n) is 2.28. The monoisotopic (exact) mass is 271 g/mol. The van der Waals surface area contributed by atoms with Crippen molar-refractivity contribution in [2.45, 2.75) is 38.6 Å². The number of rotatable bonds is 3. The molecular weight excluding hydrogens is 250 g/mol. The van der Waals surface area contributed by atoms with E-state index in [0.717, 1.165) is 31.7 Å². The molecule has 2 heterocycles. The predicted molar refractivity (Wildman–Crippen MR) is 71.0 cm³/mol. The van der Waals surface area contributed by atoms with E-state index in [-0.39, 0.29) is 11.0 Å². The van der Waals surface area contributed by atoms with Crippen LogP contribution < -0.4 is 0 Å². The van der Waals surface area contributed by atoms with Crippen LogP contribution in [0.3, 0.4) is 0 Å². The van der Waals surface area contributed by atoms with Gasteiger partial charge in [-0.15, -0.1) is 0 Å². The minimum atomic E-state index is -2.89. The fourth-order valence-corrected chi connectivity index (χ4v) is 3.66. The molecule has 0 spiro atoms. The lowest BCUT2D eigenvalue weighted by atomic mass is 10.3. The normalized spacial score (nSPS) is 24.9. The van der Waals surface area contributed by atoms with E-state index in [4.69, 9.17) is 0 Å². The lowest BCUT2D eigenvalue weighted by Crippen LogP contribution is -2.27. The minimum Gasteiger partial charge on any atom is -0.296 e. The molecule has 0 unspecified atom stereocenters. The van der Waals surface area contributed by atoms with Crippen LogP contribution in [0.4, 0.5) is 0 Å². The second-order valence-electron chi connectivity index (χ2n) is 4.88. The van der Waals surface area contributed by atoms with Crippen LogP contribution in [-0.2, 0) is 22.9 Å². The van der Waals surface area contributed by atoms with Crippen LogP contribution in [-0.4, -0.2) is 47.2 Å². The zero-order valence-corrected chi connectivity index (χ0v) is 11.9. The maximum Gasteiger partial charge on any atom is 0.154 e. The molecule has 18 heavy (non-hydrogen) atoms. The van der Waals surface area contributed by atoms with E-state index in [2.05, 4.69) is 16.9 Å². The van der Waals surface area contributed by atoms with Crippen LogP contribution in [0.1, 0.15) is 26.0 Å². The molecule has 5 nitrogen and oxygen atoms in total. The van der Waals surface area contributed by atoms with Gasteiger partial charge in [-0.25, -0.2) is 8.42 Å². The van der Waals surface area contributed by atoms with Gasteiger partial charge in [-0.05, 0) is 32.9 Å². The topological polar surface area (TPSA) is 55.2 Å². The highest BCUT2D eigenvalue weighted by molar-refractivity contribution is 7.92. The van der Waals surface area contributed by atoms with Crippen molar-refractivity contribution >= 4 is 9.84 Å². The first-order valence-electron chi connectivity index (χ1n) is 6.47. The van der Waals surface area contributed by atoms with E-state index in [1.54, 1.807) is 6.20 Å². The molecule has 1 atom stereocenters. The largest absolute Gasteiger partial charge is 0.296 e. The maximum atomic E-state index is 11.8. The zero-order valence-electron chi connectivity index (χ0n) is 11.0. The summed E-state index contributed by atoms with van der Waals surface area (Å²) in [5, 5.41) is 4.03. The van der Waals surface area contributed by atoms with Crippen LogP contribution in [0.25, 0.3) is 0 Å². The van der Waals surface area contributed by atoms with Gasteiger partial charge in [0.05, 0.1) is 16.7 Å². The Balaban J connectivity index is 2.03. The molecule has 1 aliphatic rings. The Morgan fingerprint density at radius 2 is 2.22 bits per heavy atom. The molecule has 0 aromatic carbocycles. The van der Waals surface area contributed by atoms with Gasteiger partial charge in [0.15, 0.2) is 9.84 Å². The van der Waals surface area contributed by atoms with Gasteiger partial charge in [-0.2, -0.15) is 5.10 Å². The molecule has 0 radical (unpaired) electrons. The van der Waals surface area contributed by atoms with Gasteiger partial charge in [0.2, 0.25) is 0 Å². The Labute approximate surface area is 109 Å². The first-order valence-corrected chi connectivity index (χ1v) is 8.19. The summed E-state index contributed by atoms with van der Waals surface area (Å²) >= 11 is 0. The molecule has 0 bridgehead atoms. The summed E-state index contributed by atoms with van der Waals surface area (Å²) in [7, 11) is -2.89. The Morgan fingerprint density at radius 1 is 1.44 bits per heavy atom. The average molecular weight is 271 g/mol. The Hall–Kier alpha value is -0.880. The van der Waals surface area contributed by atoms with Gasteiger partial charge in [-0.3, -0.25) is 9.58 Å². The third-order valence-corrected chi connectivity index (χ3v) is 5.86. The second-order valence-corrected chi connectivity index (χ2v) is 7.42. The number of sulfone groups is 1. The molecule has 1 aromatic heterocycles. The fraction of sp³-hybridized carbons (Fsp3) is 0.750. The lowest BCUT2D eigenvalue weighted by Gasteiger charge is -2.19. The zero-order chi connectivity index (χ0) is 13.2. The van der Waals surface area contributed by atoms with Gasteiger partial charge in [0, 0.05) is 25.8 Å². The van der Waals surface area contributed by atoms with Crippen LogP contribution in [0.15, 0.2) is 12.3 Å². The number of hydrogen-bond acceptors (Lipinski definition) is 4. The summed E-state index contributed by atoms with van der Waals surface area (Å²) < 4.78 is 25.6. The average Bonchev–Trinajstić information content (AvgIpc) is 2.74. The summed E-state index contributed by atoms with van der Waals surface area (Å²) in [4.78, 5) is 2.21. The van der Waals surface area contributed by atoms with E-state index >= 15 is 0 Å². The van der Waals surface area contributed by atoms with Gasteiger partial charge < -0.3 is 0 Å². The molecule has 0 amide bonds. The molecular formula is C12H21N3O2S. The van der Waals surface area contributed by atoms with E-state index in [1.165, 1.54) is 0 Å². The number of aromatic nitrogens is 2. The first kappa shape index (κ1) is 13.5. The number of aryl methyl sites for hydroxylation is 1. The number of nitrogens with zero attached hydrogens (tertiary/aromatic N) is 3. The quantitative estimate of drug-likeness (QED) is 0.820. The molecule has 1 saturated heterocycles. The van der Waals surface area contributed by atoms with Gasteiger partial charge >= 0.3 is 0 Å². The van der Waals surface area contributed by atoms with Crippen molar-refractivity contribution in [3.05, 3.63) is 18.0 Å². The summed E-state index contributed by atoms with van der Waals surface area (Å²) in [6, 6.07) is 2.01. The van der Waals surface area contributed by atoms with Crippen LogP contribution in [0.2, 0.25) is 0 Å². The van der Waals surface area contributed by atoms with E-state index in [1.807, 2.05) is 17.7 Å². The van der Waals surface area contributed by atoms with Crippen LogP contribution in [0, 0.1) is 0 Å². The smallest absolute Gasteiger partial charge is 0.154 e. The highest BCUT2D eigenvalue weighted by atomic mass is 32.2. The lowest BCUT2D eigenvalue weighted by molar-refractivity contribution is 0.274. The molecule has 1 aliphatic heterocycles. The second kappa shape index (κ2) is 5.40. The number of hydrogen-bond donors (Lipinski definition) is 0. The summed E-state index contributed by atoms with van der Waals surface area (Å²) in [5.41, 5.74) is 1.16. The molecule has 2 rings (SSSR count). The van der Waals surface area contributed by atoms with E-state index in [9.17, 15) is 8.42 Å². The van der Waals surface area contributed by atoms with Crippen molar-refractivity contribution in [2.75, 3.05) is 18.8 Å². The Morgan fingerprint density at radius 3 is 2.94 bits per heavy atom. The van der Waals surface area contributed by atoms with Crippen molar-refractivity contribution in [2.24, 2.45) is 0 Å². The Kier molecular flexibility index (Phi) is 4.07. The van der Waals surface area contributed by atoms with Crippen molar-refractivity contribution in [1.29, 1.82) is 0 Å². The van der Waals surface area contributed by atoms with Crippen molar-refractivity contribution in [3.8, 4) is 0 Å². The van der Waals surface area contributed by atoms with Gasteiger partial charge in [0.25, 0.3) is 0 Å². The highest BCUT2D eigenvalue weighted by Gasteiger charge is 2.26. The van der Waals surface area contributed by atoms with Crippen molar-refractivity contribution < 1.29 is 8.42 Å². The summed E-state index contributed by atoms with van der Waals surface area (Å²) in [6.07, 6.45) is 2.53. The third-order valence-electron chi connectivity index (χ3n) is 3.65. The molecule has 0 saturated carbocycles. The van der Waals surface area contributed by atoms with Crippen LogP contribution >= 0.6 is 0 Å². The van der Waals surface area contributed by atoms with E-state index < -0.39 is 9.84 Å². The maximum absolute atomic E-state index is 11.8. The molecule has 6 heteroatoms. The third kappa shape index (κ3) is 2.92. The molecule has 0 aliphatic carbocycles. The standard InChI is InChI=1S/C12H21N3O2S/c1-3-15-12(4-6-13-15)10-14-7-5-11(2)18(16,17)9-8-14/h4,6,11H,3,5,7-10H2,1-2H3/t11-/m1/s1. The van der Waals surface area contributed by atoms with Crippen LogP contribution in [0.5, 0.6) is 0 Å². The van der Waals surface area contributed by atoms with E-state index in [0.29, 0.717) is 6.54 Å². The molecule has 1 aromatic rings. The molecule has 1 fully saturated rings. The SMILES string of the molecule is CCn1nccc1CN1CC[C@@H](C)S(=O)(=O)CC1. The summed E-state index contributed by atoms with van der Waals surface area (Å²) in [5.74, 6) is 0.272. The van der Waals surface area contributed by atoms with Crippen molar-refractivity contribution in [1.82, 2.24) is 14.7 Å². The molecule has 102 valence electrons. The predicted octanol–water partition coefficient (Wildman–Crippen LogP) is 0.912.